The summed E-state index contributed by atoms with van der Waals surface area (Å²) in [5.74, 6) is 0.514. The molecule has 1 aliphatic carbocycles. The Hall–Kier alpha value is -0.890. The Kier molecular flexibility index (Phi) is 2.82. The zero-order valence-corrected chi connectivity index (χ0v) is 9.33. The van der Waals surface area contributed by atoms with Gasteiger partial charge in [0.25, 0.3) is 0 Å². The molecule has 0 atom stereocenters. The Labute approximate surface area is 92.0 Å². The van der Waals surface area contributed by atoms with E-state index < -0.39 is 0 Å². The van der Waals surface area contributed by atoms with Crippen molar-refractivity contribution in [3.8, 4) is 0 Å². The van der Waals surface area contributed by atoms with E-state index in [-0.39, 0.29) is 0 Å². The van der Waals surface area contributed by atoms with Crippen molar-refractivity contribution in [1.82, 2.24) is 0 Å². The van der Waals surface area contributed by atoms with Gasteiger partial charge in [0.15, 0.2) is 0 Å². The molecule has 0 amide bonds. The summed E-state index contributed by atoms with van der Waals surface area (Å²) in [5.41, 5.74) is 2.01. The number of rotatable bonds is 3. The topological polar surface area (TPSA) is 17.1 Å². The average molecular weight is 251 g/mol. The molecule has 1 aromatic carbocycles. The molecule has 2 rings (SSSR count). The van der Waals surface area contributed by atoms with Crippen molar-refractivity contribution in [2.75, 3.05) is 0 Å². The van der Waals surface area contributed by atoms with Crippen molar-refractivity contribution in [3.63, 3.8) is 0 Å². The molecule has 72 valence electrons. The molecule has 1 aromatic rings. The van der Waals surface area contributed by atoms with Crippen LogP contribution in [0, 0.1) is 5.92 Å². The fraction of sp³-hybridized carbons (Fsp3) is 0.250. The number of hydrogen-bond donors (Lipinski definition) is 0. The molecule has 0 unspecified atom stereocenters. The van der Waals surface area contributed by atoms with E-state index >= 15 is 0 Å². The SMILES string of the molecule is O=C/C(=C\c1ccccc1Br)C1CC1. The monoisotopic (exact) mass is 250 g/mol. The first-order valence-electron chi connectivity index (χ1n) is 4.72. The van der Waals surface area contributed by atoms with Crippen LogP contribution in [-0.4, -0.2) is 6.29 Å². The Balaban J connectivity index is 2.30. The van der Waals surface area contributed by atoms with E-state index in [4.69, 9.17) is 0 Å². The molecule has 1 fully saturated rings. The van der Waals surface area contributed by atoms with Crippen molar-refractivity contribution >= 4 is 28.3 Å². The van der Waals surface area contributed by atoms with E-state index in [1.54, 1.807) is 0 Å². The third-order valence-corrected chi connectivity index (χ3v) is 3.13. The normalized spacial score (nSPS) is 16.8. The highest BCUT2D eigenvalue weighted by molar-refractivity contribution is 9.10. The third-order valence-electron chi connectivity index (χ3n) is 2.41. The lowest BCUT2D eigenvalue weighted by atomic mass is 10.1. The van der Waals surface area contributed by atoms with Gasteiger partial charge in [-0.25, -0.2) is 0 Å². The summed E-state index contributed by atoms with van der Waals surface area (Å²) in [6.45, 7) is 0. The molecule has 1 aliphatic rings. The van der Waals surface area contributed by atoms with Gasteiger partial charge in [-0.3, -0.25) is 4.79 Å². The lowest BCUT2D eigenvalue weighted by Crippen LogP contribution is -1.87. The maximum absolute atomic E-state index is 10.8. The molecule has 0 bridgehead atoms. The molecule has 1 nitrogen and oxygen atoms in total. The predicted molar refractivity (Wildman–Crippen MR) is 60.9 cm³/mol. The molecule has 0 spiro atoms. The van der Waals surface area contributed by atoms with Gasteiger partial charge < -0.3 is 0 Å². The van der Waals surface area contributed by atoms with Gasteiger partial charge in [-0.1, -0.05) is 34.1 Å². The van der Waals surface area contributed by atoms with E-state index in [9.17, 15) is 4.79 Å². The molecular formula is C12H11BrO. The molecule has 0 radical (unpaired) electrons. The molecule has 0 saturated heterocycles. The van der Waals surface area contributed by atoms with Gasteiger partial charge in [-0.15, -0.1) is 0 Å². The summed E-state index contributed by atoms with van der Waals surface area (Å²) >= 11 is 3.46. The first kappa shape index (κ1) is 9.66. The second-order valence-electron chi connectivity index (χ2n) is 3.56. The molecular weight excluding hydrogens is 240 g/mol. The van der Waals surface area contributed by atoms with E-state index in [2.05, 4.69) is 15.9 Å². The highest BCUT2D eigenvalue weighted by Gasteiger charge is 2.25. The van der Waals surface area contributed by atoms with Gasteiger partial charge in [-0.2, -0.15) is 0 Å². The second-order valence-corrected chi connectivity index (χ2v) is 4.41. The van der Waals surface area contributed by atoms with Crippen LogP contribution in [0.4, 0.5) is 0 Å². The first-order chi connectivity index (χ1) is 6.81. The summed E-state index contributed by atoms with van der Waals surface area (Å²) in [7, 11) is 0. The number of allylic oxidation sites excluding steroid dienone is 1. The Bertz CT molecular complexity index is 378. The van der Waals surface area contributed by atoms with Gasteiger partial charge in [-0.05, 0) is 42.0 Å². The number of carbonyl (C=O) groups is 1. The smallest absolute Gasteiger partial charge is 0.146 e. The maximum Gasteiger partial charge on any atom is 0.146 e. The minimum Gasteiger partial charge on any atom is -0.298 e. The van der Waals surface area contributed by atoms with Gasteiger partial charge in [0, 0.05) is 4.47 Å². The number of halogens is 1. The van der Waals surface area contributed by atoms with Crippen LogP contribution in [0.1, 0.15) is 18.4 Å². The van der Waals surface area contributed by atoms with Crippen LogP contribution in [0.3, 0.4) is 0 Å². The summed E-state index contributed by atoms with van der Waals surface area (Å²) in [5, 5.41) is 0. The zero-order chi connectivity index (χ0) is 9.97. The lowest BCUT2D eigenvalue weighted by Gasteiger charge is -1.99. The minimum atomic E-state index is 0.514. The van der Waals surface area contributed by atoms with Crippen LogP contribution in [0.5, 0.6) is 0 Å². The number of hydrogen-bond acceptors (Lipinski definition) is 1. The second kappa shape index (κ2) is 4.09. The number of carbonyl (C=O) groups excluding carboxylic acids is 1. The predicted octanol–water partition coefficient (Wildman–Crippen LogP) is 3.44. The standard InChI is InChI=1S/C12H11BrO/c13-12-4-2-1-3-10(12)7-11(8-14)9-5-6-9/h1-4,7-9H,5-6H2/b11-7+. The third kappa shape index (κ3) is 2.13. The van der Waals surface area contributed by atoms with Crippen LogP contribution >= 0.6 is 15.9 Å². The maximum atomic E-state index is 10.8. The van der Waals surface area contributed by atoms with Crippen molar-refractivity contribution in [2.24, 2.45) is 5.92 Å². The Morgan fingerprint density at radius 3 is 2.64 bits per heavy atom. The number of aldehydes is 1. The van der Waals surface area contributed by atoms with Gasteiger partial charge in [0.2, 0.25) is 0 Å². The first-order valence-corrected chi connectivity index (χ1v) is 5.52. The molecule has 2 heteroatoms. The molecule has 14 heavy (non-hydrogen) atoms. The molecule has 0 aromatic heterocycles. The van der Waals surface area contributed by atoms with Gasteiger partial charge in [0.1, 0.15) is 6.29 Å². The van der Waals surface area contributed by atoms with Crippen LogP contribution in [0.2, 0.25) is 0 Å². The van der Waals surface area contributed by atoms with Crippen molar-refractivity contribution in [1.29, 1.82) is 0 Å². The van der Waals surface area contributed by atoms with Gasteiger partial charge in [0.05, 0.1) is 0 Å². The van der Waals surface area contributed by atoms with Crippen molar-refractivity contribution < 1.29 is 4.79 Å². The van der Waals surface area contributed by atoms with Crippen LogP contribution < -0.4 is 0 Å². The average Bonchev–Trinajstić information content (AvgIpc) is 3.00. The van der Waals surface area contributed by atoms with Crippen LogP contribution in [-0.2, 0) is 4.79 Å². The summed E-state index contributed by atoms with van der Waals surface area (Å²) in [6.07, 6.45) is 5.29. The number of benzene rings is 1. The van der Waals surface area contributed by atoms with E-state index in [0.717, 1.165) is 34.7 Å². The summed E-state index contributed by atoms with van der Waals surface area (Å²) in [6, 6.07) is 7.95. The van der Waals surface area contributed by atoms with E-state index in [1.165, 1.54) is 0 Å². The van der Waals surface area contributed by atoms with Crippen LogP contribution in [0.25, 0.3) is 6.08 Å². The molecule has 1 saturated carbocycles. The molecule has 0 heterocycles. The van der Waals surface area contributed by atoms with E-state index in [0.29, 0.717) is 5.92 Å². The molecule has 0 aliphatic heterocycles. The minimum absolute atomic E-state index is 0.514. The van der Waals surface area contributed by atoms with Gasteiger partial charge >= 0.3 is 0 Å². The fourth-order valence-corrected chi connectivity index (χ4v) is 1.84. The molecule has 0 N–H and O–H groups in total. The largest absolute Gasteiger partial charge is 0.298 e. The highest BCUT2D eigenvalue weighted by Crippen LogP contribution is 2.36. The van der Waals surface area contributed by atoms with E-state index in [1.807, 2.05) is 30.3 Å². The lowest BCUT2D eigenvalue weighted by molar-refractivity contribution is -0.105. The van der Waals surface area contributed by atoms with Crippen molar-refractivity contribution in [3.05, 3.63) is 39.9 Å². The van der Waals surface area contributed by atoms with Crippen LogP contribution in [0.15, 0.2) is 34.3 Å². The Morgan fingerprint density at radius 2 is 2.07 bits per heavy atom. The Morgan fingerprint density at radius 1 is 1.36 bits per heavy atom. The zero-order valence-electron chi connectivity index (χ0n) is 7.74. The fourth-order valence-electron chi connectivity index (χ4n) is 1.44. The summed E-state index contributed by atoms with van der Waals surface area (Å²) in [4.78, 5) is 10.8. The quantitative estimate of drug-likeness (QED) is 0.594. The summed E-state index contributed by atoms with van der Waals surface area (Å²) < 4.78 is 1.04. The highest BCUT2D eigenvalue weighted by atomic mass is 79.9. The van der Waals surface area contributed by atoms with Crippen molar-refractivity contribution in [2.45, 2.75) is 12.8 Å².